The highest BCUT2D eigenvalue weighted by Crippen LogP contribution is 2.09. The summed E-state index contributed by atoms with van der Waals surface area (Å²) in [6.07, 6.45) is 5.35. The van der Waals surface area contributed by atoms with E-state index in [4.69, 9.17) is 8.85 Å². The first-order valence-electron chi connectivity index (χ1n) is 6.95. The molecule has 2 amide bonds. The van der Waals surface area contributed by atoms with Gasteiger partial charge in [-0.1, -0.05) is 13.8 Å². The van der Waals surface area contributed by atoms with Crippen LogP contribution in [0.2, 0.25) is 6.04 Å². The fraction of sp³-hybridized carbons (Fsp3) is 0.692. The minimum atomic E-state index is -1.64. The zero-order valence-electron chi connectivity index (χ0n) is 11.8. The summed E-state index contributed by atoms with van der Waals surface area (Å²) in [6, 6.07) is 0.830. The Labute approximate surface area is 116 Å². The van der Waals surface area contributed by atoms with E-state index in [1.165, 1.54) is 17.1 Å². The van der Waals surface area contributed by atoms with Gasteiger partial charge in [-0.25, -0.2) is 0 Å². The Kier molecular flexibility index (Phi) is 7.62. The van der Waals surface area contributed by atoms with Crippen LogP contribution in [-0.4, -0.2) is 45.8 Å². The van der Waals surface area contributed by atoms with E-state index in [2.05, 4.69) is 13.8 Å². The molecule has 0 aliphatic carbocycles. The largest absolute Gasteiger partial charge is 0.397 e. The van der Waals surface area contributed by atoms with E-state index < -0.39 is 9.28 Å². The molecule has 1 aliphatic heterocycles. The molecule has 0 aromatic carbocycles. The Morgan fingerprint density at radius 1 is 1.05 bits per heavy atom. The molecular weight excluding hydrogens is 262 g/mol. The average Bonchev–Trinajstić information content (AvgIpc) is 2.72. The Hall–Kier alpha value is -0.983. The lowest BCUT2D eigenvalue weighted by Crippen LogP contribution is -2.32. The molecule has 0 aromatic heterocycles. The summed E-state index contributed by atoms with van der Waals surface area (Å²) in [5.41, 5.74) is 0. The molecule has 0 bridgehead atoms. The quantitative estimate of drug-likeness (QED) is 0.449. The van der Waals surface area contributed by atoms with Crippen LogP contribution in [0.4, 0.5) is 0 Å². The van der Waals surface area contributed by atoms with Gasteiger partial charge in [-0.15, -0.1) is 0 Å². The number of imide groups is 1. The van der Waals surface area contributed by atoms with Gasteiger partial charge in [0.15, 0.2) is 0 Å². The highest BCUT2D eigenvalue weighted by molar-refractivity contribution is 6.44. The fourth-order valence-electron chi connectivity index (χ4n) is 1.78. The molecule has 1 heterocycles. The standard InChI is InChI=1S/C13H23NO4Si/c1-3-9-17-19(18-10-4-2)11-5-8-14-12(15)6-7-13(14)16/h6-7,19H,3-5,8-11H2,1-2H3. The fourth-order valence-corrected chi connectivity index (χ4v) is 3.72. The van der Waals surface area contributed by atoms with Gasteiger partial charge in [0.05, 0.1) is 0 Å². The summed E-state index contributed by atoms with van der Waals surface area (Å²) >= 11 is 0. The van der Waals surface area contributed by atoms with Crippen LogP contribution in [0.5, 0.6) is 0 Å². The first-order chi connectivity index (χ1) is 9.19. The van der Waals surface area contributed by atoms with Crippen molar-refractivity contribution >= 4 is 21.1 Å². The van der Waals surface area contributed by atoms with E-state index in [0.29, 0.717) is 6.54 Å². The minimum Gasteiger partial charge on any atom is -0.397 e. The number of amides is 2. The van der Waals surface area contributed by atoms with Crippen LogP contribution >= 0.6 is 0 Å². The summed E-state index contributed by atoms with van der Waals surface area (Å²) in [6.45, 7) is 6.05. The van der Waals surface area contributed by atoms with Crippen molar-refractivity contribution in [3.63, 3.8) is 0 Å². The maximum absolute atomic E-state index is 11.4. The molecule has 5 nitrogen and oxygen atoms in total. The van der Waals surface area contributed by atoms with Gasteiger partial charge in [0.2, 0.25) is 0 Å². The monoisotopic (exact) mass is 285 g/mol. The molecule has 0 unspecified atom stereocenters. The maximum atomic E-state index is 11.4. The summed E-state index contributed by atoms with van der Waals surface area (Å²) in [5.74, 6) is -0.431. The van der Waals surface area contributed by atoms with E-state index in [0.717, 1.165) is 38.5 Å². The molecule has 0 N–H and O–H groups in total. The van der Waals surface area contributed by atoms with Crippen LogP contribution in [0, 0.1) is 0 Å². The average molecular weight is 285 g/mol. The van der Waals surface area contributed by atoms with E-state index in [1.807, 2.05) is 0 Å². The van der Waals surface area contributed by atoms with Crippen molar-refractivity contribution in [1.29, 1.82) is 0 Å². The topological polar surface area (TPSA) is 55.8 Å². The normalized spacial score (nSPS) is 15.0. The zero-order chi connectivity index (χ0) is 14.1. The van der Waals surface area contributed by atoms with Crippen LogP contribution < -0.4 is 0 Å². The molecule has 6 heteroatoms. The van der Waals surface area contributed by atoms with Crippen LogP contribution in [-0.2, 0) is 18.4 Å². The van der Waals surface area contributed by atoms with Crippen molar-refractivity contribution in [2.75, 3.05) is 19.8 Å². The van der Waals surface area contributed by atoms with Crippen LogP contribution in [0.3, 0.4) is 0 Å². The third kappa shape index (κ3) is 5.67. The summed E-state index contributed by atoms with van der Waals surface area (Å²) in [5, 5.41) is 0. The number of nitrogens with zero attached hydrogens (tertiary/aromatic N) is 1. The van der Waals surface area contributed by atoms with E-state index >= 15 is 0 Å². The van der Waals surface area contributed by atoms with Crippen molar-refractivity contribution in [2.45, 2.75) is 39.2 Å². The number of hydrogen-bond donors (Lipinski definition) is 0. The van der Waals surface area contributed by atoms with Gasteiger partial charge in [-0.05, 0) is 25.3 Å². The van der Waals surface area contributed by atoms with Crippen molar-refractivity contribution < 1.29 is 18.4 Å². The zero-order valence-corrected chi connectivity index (χ0v) is 12.9. The van der Waals surface area contributed by atoms with Crippen molar-refractivity contribution in [2.24, 2.45) is 0 Å². The van der Waals surface area contributed by atoms with E-state index in [9.17, 15) is 9.59 Å². The molecule has 19 heavy (non-hydrogen) atoms. The van der Waals surface area contributed by atoms with Crippen molar-refractivity contribution in [3.05, 3.63) is 12.2 Å². The number of carbonyl (C=O) groups is 2. The first kappa shape index (κ1) is 16.1. The summed E-state index contributed by atoms with van der Waals surface area (Å²) in [7, 11) is -1.64. The highest BCUT2D eigenvalue weighted by Gasteiger charge is 2.23. The third-order valence-corrected chi connectivity index (χ3v) is 4.83. The first-order valence-corrected chi connectivity index (χ1v) is 8.71. The molecule has 0 fully saturated rings. The van der Waals surface area contributed by atoms with Crippen LogP contribution in [0.25, 0.3) is 0 Å². The number of carbonyl (C=O) groups excluding carboxylic acids is 2. The molecule has 0 aromatic rings. The smallest absolute Gasteiger partial charge is 0.321 e. The summed E-state index contributed by atoms with van der Waals surface area (Å²) in [4.78, 5) is 24.0. The predicted octanol–water partition coefficient (Wildman–Crippen LogP) is 1.38. The van der Waals surface area contributed by atoms with Gasteiger partial charge in [-0.2, -0.15) is 0 Å². The van der Waals surface area contributed by atoms with E-state index in [-0.39, 0.29) is 11.8 Å². The molecule has 1 rings (SSSR count). The summed E-state index contributed by atoms with van der Waals surface area (Å²) < 4.78 is 11.4. The van der Waals surface area contributed by atoms with Crippen molar-refractivity contribution in [1.82, 2.24) is 4.90 Å². The second-order valence-corrected chi connectivity index (χ2v) is 6.58. The second-order valence-electron chi connectivity index (χ2n) is 4.47. The molecule has 1 aliphatic rings. The van der Waals surface area contributed by atoms with Crippen LogP contribution in [0.15, 0.2) is 12.2 Å². The molecular formula is C13H23NO4Si. The maximum Gasteiger partial charge on any atom is 0.321 e. The highest BCUT2D eigenvalue weighted by atomic mass is 28.3. The molecule has 0 atom stereocenters. The molecule has 0 spiro atoms. The van der Waals surface area contributed by atoms with Gasteiger partial charge in [0.25, 0.3) is 11.8 Å². The number of rotatable bonds is 10. The van der Waals surface area contributed by atoms with Crippen molar-refractivity contribution in [3.8, 4) is 0 Å². The minimum absolute atomic E-state index is 0.216. The molecule has 108 valence electrons. The molecule has 0 radical (unpaired) electrons. The third-order valence-electron chi connectivity index (χ3n) is 2.74. The van der Waals surface area contributed by atoms with Gasteiger partial charge >= 0.3 is 9.28 Å². The SMILES string of the molecule is CCCO[SiH](CCCN1C(=O)C=CC1=O)OCCC. The Bertz CT molecular complexity index is 307. The second kappa shape index (κ2) is 9.01. The van der Waals surface area contributed by atoms with Gasteiger partial charge < -0.3 is 8.85 Å². The molecule has 0 saturated heterocycles. The Morgan fingerprint density at radius 3 is 2.05 bits per heavy atom. The predicted molar refractivity (Wildman–Crippen MR) is 74.9 cm³/mol. The lowest BCUT2D eigenvalue weighted by atomic mass is 10.4. The lowest BCUT2D eigenvalue weighted by molar-refractivity contribution is -0.136. The Morgan fingerprint density at radius 2 is 1.58 bits per heavy atom. The Balaban J connectivity index is 2.26. The number of hydrogen-bond acceptors (Lipinski definition) is 4. The van der Waals surface area contributed by atoms with Gasteiger partial charge in [-0.3, -0.25) is 14.5 Å². The van der Waals surface area contributed by atoms with Gasteiger partial charge in [0.1, 0.15) is 0 Å². The van der Waals surface area contributed by atoms with Gasteiger partial charge in [0, 0.05) is 31.9 Å². The molecule has 0 saturated carbocycles. The lowest BCUT2D eigenvalue weighted by Gasteiger charge is -2.18. The van der Waals surface area contributed by atoms with E-state index in [1.54, 1.807) is 0 Å². The van der Waals surface area contributed by atoms with Crippen LogP contribution in [0.1, 0.15) is 33.1 Å².